The van der Waals surface area contributed by atoms with Gasteiger partial charge in [0.2, 0.25) is 0 Å². The molecule has 0 saturated heterocycles. The molecule has 3 aromatic carbocycles. The van der Waals surface area contributed by atoms with E-state index in [-0.39, 0.29) is 20.4 Å². The van der Waals surface area contributed by atoms with Gasteiger partial charge in [-0.1, -0.05) is 0 Å². The van der Waals surface area contributed by atoms with Gasteiger partial charge in [-0.25, -0.2) is 0 Å². The molecule has 0 radical (unpaired) electrons. The Morgan fingerprint density at radius 2 is 1.28 bits per heavy atom. The summed E-state index contributed by atoms with van der Waals surface area (Å²) in [5.74, 6) is 0. The molecule has 0 bridgehead atoms. The second kappa shape index (κ2) is 7.96. The Labute approximate surface area is 169 Å². The van der Waals surface area contributed by atoms with E-state index in [0.717, 1.165) is 5.02 Å². The molecule has 1 heterocycles. The fraction of sp³-hybridized carbons (Fsp3) is 0. The summed E-state index contributed by atoms with van der Waals surface area (Å²) >= 11 is 5.98. The Hall–Kier alpha value is -1.26. The molecular formula is C22H15ClSeTe. The second-order valence-corrected chi connectivity index (χ2v) is 11.4. The van der Waals surface area contributed by atoms with E-state index in [0.29, 0.717) is 15.0 Å². The predicted molar refractivity (Wildman–Crippen MR) is 111 cm³/mol. The van der Waals surface area contributed by atoms with Gasteiger partial charge in [0, 0.05) is 0 Å². The molecule has 25 heavy (non-hydrogen) atoms. The summed E-state index contributed by atoms with van der Waals surface area (Å²) in [6, 6.07) is 32.5. The number of halogens is 1. The Morgan fingerprint density at radius 3 is 1.92 bits per heavy atom. The molecule has 0 amide bonds. The van der Waals surface area contributed by atoms with Gasteiger partial charge in [-0.2, -0.15) is 0 Å². The average Bonchev–Trinajstić information content (AvgIpc) is 3.09. The topological polar surface area (TPSA) is 0 Å². The zero-order chi connectivity index (χ0) is 17.1. The van der Waals surface area contributed by atoms with E-state index in [4.69, 9.17) is 11.6 Å². The first kappa shape index (κ1) is 17.2. The summed E-state index contributed by atoms with van der Waals surface area (Å²) in [7, 11) is 0. The van der Waals surface area contributed by atoms with Gasteiger partial charge in [0.1, 0.15) is 0 Å². The first-order chi connectivity index (χ1) is 12.3. The van der Waals surface area contributed by atoms with Gasteiger partial charge in [-0.3, -0.25) is 0 Å². The minimum absolute atomic E-state index is 0.303. The molecular weight excluding hydrogens is 506 g/mol. The van der Waals surface area contributed by atoms with Crippen LogP contribution in [0.4, 0.5) is 0 Å². The van der Waals surface area contributed by atoms with Crippen molar-refractivity contribution in [1.29, 1.82) is 0 Å². The maximum atomic E-state index is 6.05. The Morgan fingerprint density at radius 1 is 0.680 bits per heavy atom. The van der Waals surface area contributed by atoms with Crippen LogP contribution in [0, 0.1) is 0 Å². The van der Waals surface area contributed by atoms with Crippen LogP contribution in [-0.2, 0) is 0 Å². The Bertz CT molecular complexity index is 960. The maximum absolute atomic E-state index is 6.05. The molecule has 4 rings (SSSR count). The monoisotopic (exact) mass is 524 g/mol. The predicted octanol–water partition coefficient (Wildman–Crippen LogP) is 4.39. The van der Waals surface area contributed by atoms with E-state index in [9.17, 15) is 0 Å². The summed E-state index contributed by atoms with van der Waals surface area (Å²) in [4.78, 5) is 0. The summed E-state index contributed by atoms with van der Waals surface area (Å²) in [6.45, 7) is 0. The Kier molecular flexibility index (Phi) is 5.47. The van der Waals surface area contributed by atoms with Crippen molar-refractivity contribution in [3.05, 3.63) is 96.0 Å². The van der Waals surface area contributed by atoms with E-state index in [2.05, 4.69) is 78.9 Å². The summed E-state index contributed by atoms with van der Waals surface area (Å²) in [5.41, 5.74) is 2.76. The van der Waals surface area contributed by atoms with Crippen LogP contribution in [-0.4, -0.2) is 35.4 Å². The van der Waals surface area contributed by atoms with Crippen molar-refractivity contribution in [1.82, 2.24) is 0 Å². The SMILES string of the molecule is Clc1ccc([Se]c2cc(-c3ccccc3)[te]c2-c2ccccc2)cc1. The molecule has 0 aliphatic carbocycles. The summed E-state index contributed by atoms with van der Waals surface area (Å²) < 4.78 is 6.01. The normalized spacial score (nSPS) is 10.8. The van der Waals surface area contributed by atoms with E-state index >= 15 is 0 Å². The molecule has 0 N–H and O–H groups in total. The average molecular weight is 521 g/mol. The van der Waals surface area contributed by atoms with E-state index in [1.165, 1.54) is 23.6 Å². The van der Waals surface area contributed by atoms with Gasteiger partial charge in [0.15, 0.2) is 0 Å². The fourth-order valence-electron chi connectivity index (χ4n) is 2.62. The van der Waals surface area contributed by atoms with Crippen LogP contribution in [0.5, 0.6) is 0 Å². The number of rotatable bonds is 4. The van der Waals surface area contributed by atoms with Crippen LogP contribution >= 0.6 is 11.6 Å². The van der Waals surface area contributed by atoms with Crippen LogP contribution in [0.3, 0.4) is 0 Å². The molecule has 0 aliphatic heterocycles. The summed E-state index contributed by atoms with van der Waals surface area (Å²) in [5, 5.41) is 0.803. The second-order valence-electron chi connectivity index (χ2n) is 5.59. The zero-order valence-electron chi connectivity index (χ0n) is 13.4. The van der Waals surface area contributed by atoms with E-state index in [1.54, 1.807) is 3.58 Å². The van der Waals surface area contributed by atoms with E-state index < -0.39 is 0 Å². The molecule has 0 nitrogen and oxygen atoms in total. The Balaban J connectivity index is 1.78. The van der Waals surface area contributed by atoms with Crippen molar-refractivity contribution in [3.63, 3.8) is 0 Å². The van der Waals surface area contributed by atoms with Crippen LogP contribution in [0.25, 0.3) is 18.3 Å². The molecule has 0 saturated carbocycles. The molecule has 0 spiro atoms. The van der Waals surface area contributed by atoms with Gasteiger partial charge < -0.3 is 0 Å². The van der Waals surface area contributed by atoms with Crippen molar-refractivity contribution in [2.75, 3.05) is 0 Å². The fourth-order valence-corrected chi connectivity index (χ4v) is 9.42. The van der Waals surface area contributed by atoms with Crippen molar-refractivity contribution < 1.29 is 0 Å². The number of benzene rings is 3. The molecule has 122 valence electrons. The van der Waals surface area contributed by atoms with Crippen LogP contribution in [0.15, 0.2) is 91.0 Å². The third-order valence-corrected chi connectivity index (χ3v) is 10.7. The third kappa shape index (κ3) is 4.12. The quantitative estimate of drug-likeness (QED) is 0.350. The minimum atomic E-state index is -0.372. The van der Waals surface area contributed by atoms with Gasteiger partial charge in [0.25, 0.3) is 0 Å². The van der Waals surface area contributed by atoms with Gasteiger partial charge in [0.05, 0.1) is 0 Å². The molecule has 0 fully saturated rings. The third-order valence-electron chi connectivity index (χ3n) is 3.83. The van der Waals surface area contributed by atoms with Crippen LogP contribution < -0.4 is 8.92 Å². The molecule has 3 heteroatoms. The van der Waals surface area contributed by atoms with Gasteiger partial charge in [-0.05, 0) is 0 Å². The molecule has 4 aromatic rings. The standard InChI is InChI=1S/C22H15ClSeTe/c23-18-11-13-19(14-12-18)24-20-15-21(16-7-3-1-4-8-16)25-22(20)17-9-5-2-6-10-17/h1-15H. The number of hydrogen-bond acceptors (Lipinski definition) is 0. The van der Waals surface area contributed by atoms with Crippen LogP contribution in [0.2, 0.25) is 5.02 Å². The molecule has 0 unspecified atom stereocenters. The van der Waals surface area contributed by atoms with Crippen molar-refractivity contribution in [2.24, 2.45) is 0 Å². The van der Waals surface area contributed by atoms with Gasteiger partial charge >= 0.3 is 170 Å². The van der Waals surface area contributed by atoms with Crippen molar-refractivity contribution in [3.8, 4) is 18.3 Å². The van der Waals surface area contributed by atoms with Gasteiger partial charge in [-0.15, -0.1) is 0 Å². The summed E-state index contributed by atoms with van der Waals surface area (Å²) in [6.07, 6.45) is 0. The molecule has 0 atom stereocenters. The molecule has 1 aromatic heterocycles. The molecule has 0 aliphatic rings. The zero-order valence-corrected chi connectivity index (χ0v) is 18.2. The first-order valence-corrected chi connectivity index (χ1v) is 12.4. The van der Waals surface area contributed by atoms with Crippen molar-refractivity contribution in [2.45, 2.75) is 0 Å². The number of hydrogen-bond donors (Lipinski definition) is 0. The van der Waals surface area contributed by atoms with Crippen LogP contribution in [0.1, 0.15) is 0 Å². The van der Waals surface area contributed by atoms with E-state index in [1.807, 2.05) is 12.1 Å². The first-order valence-electron chi connectivity index (χ1n) is 7.98. The van der Waals surface area contributed by atoms with Crippen molar-refractivity contribution >= 4 is 55.9 Å².